The molecule has 0 saturated heterocycles. The summed E-state index contributed by atoms with van der Waals surface area (Å²) in [6.45, 7) is 8.81. The molecular formula is C24H38O10. The molecule has 0 spiro atoms. The van der Waals surface area contributed by atoms with Gasteiger partial charge in [0.1, 0.15) is 13.2 Å². The van der Waals surface area contributed by atoms with Crippen LogP contribution >= 0.6 is 0 Å². The van der Waals surface area contributed by atoms with Gasteiger partial charge >= 0.3 is 23.9 Å². The Morgan fingerprint density at radius 1 is 0.471 bits per heavy atom. The lowest BCUT2D eigenvalue weighted by Crippen LogP contribution is -2.15. The average Bonchev–Trinajstić information content (AvgIpc) is 2.83. The lowest BCUT2D eigenvalue weighted by Gasteiger charge is -2.08. The molecule has 0 N–H and O–H groups in total. The summed E-state index contributed by atoms with van der Waals surface area (Å²) < 4.78 is 30.4. The molecule has 10 nitrogen and oxygen atoms in total. The van der Waals surface area contributed by atoms with Crippen molar-refractivity contribution < 1.29 is 47.6 Å². The third kappa shape index (κ3) is 22.5. The predicted molar refractivity (Wildman–Crippen MR) is 123 cm³/mol. The first-order valence-corrected chi connectivity index (χ1v) is 11.5. The van der Waals surface area contributed by atoms with E-state index >= 15 is 0 Å². The van der Waals surface area contributed by atoms with E-state index < -0.39 is 11.9 Å². The molecule has 0 amide bonds. The third-order valence-corrected chi connectivity index (χ3v) is 4.23. The Kier molecular flexibility index (Phi) is 21.6. The van der Waals surface area contributed by atoms with Crippen molar-refractivity contribution in [1.82, 2.24) is 0 Å². The van der Waals surface area contributed by atoms with E-state index in [1.165, 1.54) is 0 Å². The normalized spacial score (nSPS) is 10.2. The van der Waals surface area contributed by atoms with Gasteiger partial charge in [-0.25, -0.2) is 9.59 Å². The summed E-state index contributed by atoms with van der Waals surface area (Å²) in [6.07, 6.45) is 7.07. The van der Waals surface area contributed by atoms with Gasteiger partial charge in [-0.15, -0.1) is 0 Å². The summed E-state index contributed by atoms with van der Waals surface area (Å²) in [5.74, 6) is -1.47. The average molecular weight is 487 g/mol. The fourth-order valence-corrected chi connectivity index (χ4v) is 2.45. The Bertz CT molecular complexity index is 551. The van der Waals surface area contributed by atoms with Gasteiger partial charge in [-0.1, -0.05) is 13.2 Å². The van der Waals surface area contributed by atoms with Gasteiger partial charge in [0.15, 0.2) is 0 Å². The molecule has 0 aliphatic heterocycles. The standard InChI is InChI=1S/C24H38O10/c1-3-21(25)31-13-9-5-7-11-23(27)33-19-17-29-15-16-30-18-20-34-24(28)12-8-6-10-14-32-22(26)4-2/h3-4H,1-2,5-20H2. The lowest BCUT2D eigenvalue weighted by atomic mass is 10.2. The molecule has 0 heterocycles. The minimum Gasteiger partial charge on any atom is -0.463 e. The molecule has 0 atom stereocenters. The highest BCUT2D eigenvalue weighted by molar-refractivity contribution is 5.81. The van der Waals surface area contributed by atoms with Crippen molar-refractivity contribution in [2.24, 2.45) is 0 Å². The van der Waals surface area contributed by atoms with Gasteiger partial charge in [0.25, 0.3) is 0 Å². The predicted octanol–water partition coefficient (Wildman–Crippen LogP) is 2.69. The molecule has 0 aromatic rings. The van der Waals surface area contributed by atoms with Crippen LogP contribution in [0.25, 0.3) is 0 Å². The zero-order valence-corrected chi connectivity index (χ0v) is 20.0. The number of rotatable bonds is 23. The third-order valence-electron chi connectivity index (χ3n) is 4.23. The van der Waals surface area contributed by atoms with Crippen LogP contribution in [0.4, 0.5) is 0 Å². The van der Waals surface area contributed by atoms with Crippen molar-refractivity contribution in [2.75, 3.05) is 52.9 Å². The minimum atomic E-state index is -0.446. The SMILES string of the molecule is C=CC(=O)OCCCCCC(=O)OCCOCCOCCOC(=O)CCCCCOC(=O)C=C. The highest BCUT2D eigenvalue weighted by Crippen LogP contribution is 2.03. The minimum absolute atomic E-state index is 0.171. The van der Waals surface area contributed by atoms with Crippen LogP contribution in [0.15, 0.2) is 25.3 Å². The van der Waals surface area contributed by atoms with Crippen LogP contribution in [0.3, 0.4) is 0 Å². The van der Waals surface area contributed by atoms with Crippen LogP contribution in [0, 0.1) is 0 Å². The zero-order valence-electron chi connectivity index (χ0n) is 20.0. The highest BCUT2D eigenvalue weighted by atomic mass is 16.6. The van der Waals surface area contributed by atoms with E-state index in [0.717, 1.165) is 25.0 Å². The molecule has 10 heteroatoms. The molecule has 0 bridgehead atoms. The fourth-order valence-electron chi connectivity index (χ4n) is 2.45. The smallest absolute Gasteiger partial charge is 0.330 e. The molecule has 0 fully saturated rings. The number of hydrogen-bond acceptors (Lipinski definition) is 10. The number of esters is 4. The van der Waals surface area contributed by atoms with Gasteiger partial charge in [0, 0.05) is 25.0 Å². The summed E-state index contributed by atoms with van der Waals surface area (Å²) in [7, 11) is 0. The number of hydrogen-bond donors (Lipinski definition) is 0. The van der Waals surface area contributed by atoms with Gasteiger partial charge in [-0.2, -0.15) is 0 Å². The topological polar surface area (TPSA) is 124 Å². The maximum atomic E-state index is 11.6. The molecule has 0 aliphatic carbocycles. The highest BCUT2D eigenvalue weighted by Gasteiger charge is 2.04. The Hall–Kier alpha value is -2.72. The lowest BCUT2D eigenvalue weighted by molar-refractivity contribution is -0.147. The second-order valence-electron chi connectivity index (χ2n) is 7.03. The maximum Gasteiger partial charge on any atom is 0.330 e. The van der Waals surface area contributed by atoms with E-state index in [9.17, 15) is 19.2 Å². The number of carbonyl (C=O) groups excluding carboxylic acids is 4. The molecule has 0 aliphatic rings. The van der Waals surface area contributed by atoms with Gasteiger partial charge in [-0.3, -0.25) is 9.59 Å². The zero-order chi connectivity index (χ0) is 25.3. The molecule has 0 aromatic heterocycles. The molecular weight excluding hydrogens is 448 g/mol. The van der Waals surface area contributed by atoms with Gasteiger partial charge in [0.05, 0.1) is 39.6 Å². The molecule has 194 valence electrons. The van der Waals surface area contributed by atoms with Gasteiger partial charge in [-0.05, 0) is 38.5 Å². The van der Waals surface area contributed by atoms with Crippen molar-refractivity contribution in [3.63, 3.8) is 0 Å². The molecule has 0 aromatic carbocycles. The van der Waals surface area contributed by atoms with E-state index in [-0.39, 0.29) is 38.4 Å². The van der Waals surface area contributed by atoms with Crippen LogP contribution in [-0.2, 0) is 47.6 Å². The van der Waals surface area contributed by atoms with Crippen molar-refractivity contribution in [1.29, 1.82) is 0 Å². The Labute approximate surface area is 201 Å². The number of ether oxygens (including phenoxy) is 6. The quantitative estimate of drug-likeness (QED) is 0.0921. The van der Waals surface area contributed by atoms with Crippen LogP contribution in [0.5, 0.6) is 0 Å². The summed E-state index contributed by atoms with van der Waals surface area (Å²) in [6, 6.07) is 0. The summed E-state index contributed by atoms with van der Waals surface area (Å²) in [5, 5.41) is 0. The van der Waals surface area contributed by atoms with E-state index in [2.05, 4.69) is 13.2 Å². The second kappa shape index (κ2) is 23.4. The second-order valence-corrected chi connectivity index (χ2v) is 7.03. The summed E-state index contributed by atoms with van der Waals surface area (Å²) in [5.41, 5.74) is 0. The van der Waals surface area contributed by atoms with Crippen molar-refractivity contribution in [2.45, 2.75) is 51.4 Å². The van der Waals surface area contributed by atoms with Crippen molar-refractivity contribution in [3.8, 4) is 0 Å². The first-order valence-electron chi connectivity index (χ1n) is 11.5. The van der Waals surface area contributed by atoms with Crippen molar-refractivity contribution in [3.05, 3.63) is 25.3 Å². The number of unbranched alkanes of at least 4 members (excludes halogenated alkanes) is 4. The summed E-state index contributed by atoms with van der Waals surface area (Å²) >= 11 is 0. The van der Waals surface area contributed by atoms with E-state index in [1.807, 2.05) is 0 Å². The Morgan fingerprint density at radius 3 is 1.24 bits per heavy atom. The van der Waals surface area contributed by atoms with E-state index in [0.29, 0.717) is 65.0 Å². The monoisotopic (exact) mass is 486 g/mol. The first-order chi connectivity index (χ1) is 16.5. The van der Waals surface area contributed by atoms with Gasteiger partial charge < -0.3 is 28.4 Å². The molecule has 0 radical (unpaired) electrons. The maximum absolute atomic E-state index is 11.6. The number of carbonyl (C=O) groups is 4. The van der Waals surface area contributed by atoms with E-state index in [1.54, 1.807) is 0 Å². The van der Waals surface area contributed by atoms with Crippen LogP contribution < -0.4 is 0 Å². The van der Waals surface area contributed by atoms with Crippen LogP contribution in [0.2, 0.25) is 0 Å². The molecule has 0 rings (SSSR count). The molecule has 0 unspecified atom stereocenters. The molecule has 34 heavy (non-hydrogen) atoms. The molecule has 0 saturated carbocycles. The van der Waals surface area contributed by atoms with Crippen molar-refractivity contribution >= 4 is 23.9 Å². The fraction of sp³-hybridized carbons (Fsp3) is 0.667. The first kappa shape index (κ1) is 31.3. The van der Waals surface area contributed by atoms with Gasteiger partial charge in [0.2, 0.25) is 0 Å². The van der Waals surface area contributed by atoms with Crippen LogP contribution in [0.1, 0.15) is 51.4 Å². The Balaban J connectivity index is 3.32. The largest absolute Gasteiger partial charge is 0.463 e. The summed E-state index contributed by atoms with van der Waals surface area (Å²) in [4.78, 5) is 44.9. The van der Waals surface area contributed by atoms with E-state index in [4.69, 9.17) is 28.4 Å². The van der Waals surface area contributed by atoms with Crippen LogP contribution in [-0.4, -0.2) is 76.7 Å². The Morgan fingerprint density at radius 2 is 0.853 bits per heavy atom.